The number of rotatable bonds is 9. The Bertz CT molecular complexity index is 3520. The third kappa shape index (κ3) is 10.7. The number of hydrogen-bond donors (Lipinski definition) is 7. The number of carboxylic acids is 1. The summed E-state index contributed by atoms with van der Waals surface area (Å²) in [5.74, 6) is -7.72. The van der Waals surface area contributed by atoms with Gasteiger partial charge in [0.15, 0.2) is 11.4 Å². The average Bonchev–Trinajstić information content (AvgIpc) is 1.93. The van der Waals surface area contributed by atoms with Gasteiger partial charge in [0.2, 0.25) is 11.2 Å². The Kier molecular flexibility index (Phi) is 16.3. The van der Waals surface area contributed by atoms with Gasteiger partial charge in [-0.2, -0.15) is 5.10 Å². The number of Topliss-reactive ketones (excluding diaryl/α,β-unsaturated/α-hetero) is 1. The number of carbonyl (C=O) groups is 4. The number of anilines is 2. The molecule has 4 aliphatic heterocycles. The van der Waals surface area contributed by atoms with Gasteiger partial charge in [0.05, 0.1) is 58.6 Å². The predicted octanol–water partition coefficient (Wildman–Crippen LogP) is 7.46. The molecule has 21 heteroatoms. The second kappa shape index (κ2) is 22.9. The van der Waals surface area contributed by atoms with Gasteiger partial charge in [-0.3, -0.25) is 29.1 Å². The van der Waals surface area contributed by atoms with Crippen molar-refractivity contribution < 1.29 is 68.4 Å². The van der Waals surface area contributed by atoms with Gasteiger partial charge in [-0.25, -0.2) is 9.18 Å². The molecule has 10 atom stereocenters. The predicted molar refractivity (Wildman–Crippen MR) is 313 cm³/mol. The molecule has 7 aliphatic rings. The van der Waals surface area contributed by atoms with Crippen LogP contribution >= 0.6 is 0 Å². The number of nitrogens with zero attached hydrogens (tertiary/aromatic N) is 5. The number of hydrogen-bond acceptors (Lipinski definition) is 17. The van der Waals surface area contributed by atoms with Crippen LogP contribution in [0.25, 0.3) is 21.7 Å². The number of aliphatic hydroxyl groups is 2. The number of allylic oxidation sites excluding steroid dienone is 2. The summed E-state index contributed by atoms with van der Waals surface area (Å²) < 4.78 is 35.8. The fourth-order valence-electron chi connectivity index (χ4n) is 13.7. The summed E-state index contributed by atoms with van der Waals surface area (Å²) in [6.07, 6.45) is 10.8. The number of aromatic nitrogens is 1. The van der Waals surface area contributed by atoms with Crippen LogP contribution in [0.4, 0.5) is 15.8 Å². The number of carboxylic acid groups (broad SMARTS) is 1. The van der Waals surface area contributed by atoms with E-state index in [-0.39, 0.29) is 73.6 Å². The minimum Gasteiger partial charge on any atom is -0.507 e. The summed E-state index contributed by atoms with van der Waals surface area (Å²) in [6.45, 7) is 16.2. The highest BCUT2D eigenvalue weighted by atomic mass is 19.1. The maximum atomic E-state index is 16.0. The molecule has 1 unspecified atom stereocenters. The topological polar surface area (TPSA) is 273 Å². The summed E-state index contributed by atoms with van der Waals surface area (Å²) >= 11 is 0. The van der Waals surface area contributed by atoms with E-state index < -0.39 is 106 Å². The molecule has 4 fully saturated rings. The van der Waals surface area contributed by atoms with Gasteiger partial charge in [0, 0.05) is 123 Å². The van der Waals surface area contributed by atoms with Crippen molar-refractivity contribution in [3.63, 3.8) is 0 Å². The largest absolute Gasteiger partial charge is 0.507 e. The number of aromatic carboxylic acids is 1. The van der Waals surface area contributed by atoms with E-state index in [2.05, 4.69) is 10.2 Å². The number of methoxy groups -OCH3 is 1. The number of amides is 1. The highest BCUT2D eigenvalue weighted by molar-refractivity contribution is 6.23. The Labute approximate surface area is 486 Å². The van der Waals surface area contributed by atoms with Crippen molar-refractivity contribution >= 4 is 62.9 Å². The lowest BCUT2D eigenvalue weighted by atomic mass is 9.78. The van der Waals surface area contributed by atoms with E-state index in [9.17, 15) is 54.6 Å². The number of ether oxygens (including phenoxy) is 3. The van der Waals surface area contributed by atoms with E-state index in [0.29, 0.717) is 56.0 Å². The van der Waals surface area contributed by atoms with Crippen molar-refractivity contribution in [1.29, 1.82) is 0 Å². The van der Waals surface area contributed by atoms with Crippen LogP contribution in [0.1, 0.15) is 124 Å². The molecule has 84 heavy (non-hydrogen) atoms. The van der Waals surface area contributed by atoms with Crippen LogP contribution in [0.5, 0.6) is 17.2 Å². The molecule has 0 radical (unpaired) electrons. The quantitative estimate of drug-likeness (QED) is 0.0371. The Morgan fingerprint density at radius 3 is 2.24 bits per heavy atom. The van der Waals surface area contributed by atoms with Crippen LogP contribution in [0.15, 0.2) is 64.4 Å². The number of aromatic hydroxyl groups is 3. The molecule has 11 rings (SSSR count). The molecule has 7 N–H and O–H groups in total. The summed E-state index contributed by atoms with van der Waals surface area (Å²) in [5.41, 5.74) is -1.58. The number of piperazine rings is 1. The minimum absolute atomic E-state index is 0.00276. The maximum Gasteiger partial charge on any atom is 0.341 e. The molecule has 0 spiro atoms. The molecular weight excluding hydrogens is 1080 g/mol. The number of benzene rings is 3. The van der Waals surface area contributed by atoms with Crippen molar-refractivity contribution in [2.75, 3.05) is 56.6 Å². The molecular formula is C63H77FN6O14. The lowest BCUT2D eigenvalue weighted by molar-refractivity contribution is -0.160. The maximum absolute atomic E-state index is 16.0. The Balaban J connectivity index is 0.945. The number of pyridine rings is 1. The highest BCUT2D eigenvalue weighted by Gasteiger charge is 2.56. The summed E-state index contributed by atoms with van der Waals surface area (Å²) in [6, 6.07) is 2.93. The van der Waals surface area contributed by atoms with E-state index in [1.165, 1.54) is 51.8 Å². The number of aliphatic hydroxyl groups excluding tert-OH is 2. The zero-order valence-corrected chi connectivity index (χ0v) is 49.0. The summed E-state index contributed by atoms with van der Waals surface area (Å²) in [4.78, 5) is 71.2. The number of phenols is 3. The second-order valence-corrected chi connectivity index (χ2v) is 24.5. The highest BCUT2D eigenvalue weighted by Crippen LogP contribution is 2.54. The molecule has 5 heterocycles. The fourth-order valence-corrected chi connectivity index (χ4v) is 13.7. The van der Waals surface area contributed by atoms with E-state index in [4.69, 9.17) is 19.3 Å². The number of fused-ring (bicyclic) bond motifs is 15. The molecule has 2 saturated heterocycles. The van der Waals surface area contributed by atoms with Gasteiger partial charge < -0.3 is 59.6 Å². The standard InChI is InChI=1S/C63H77FN6O14/c1-31-11-10-12-32(2)60(79)66-51-42(28-65-69-22-20-68(21-23-69)63(17-18-63)38-15-19-67(29-38)46-26-45-40(25-44(46)64)55(75)43(61(80)81)30-70(45)39-13-14-39)56(76)49-48-41(33(3)54(74)50(49)57(51)77)27-62(8,59(48)78)83-24-16-47(82-9)34(4)58(84-37(7)71)36(6)53(73)35(5)52(31)72/h10-12,16,24-26,28,30-31,34-36,38-39,47,52-53,58,72-74,76-77H,13-15,17-23,27,29H2,1-9H3,(H,66,79)(H,80,81)/t31-,34+,35+,36+,38?,47-,52-,53+,58+,62-/m0/s1. The number of halogens is 1. The Hall–Kier alpha value is -7.33. The summed E-state index contributed by atoms with van der Waals surface area (Å²) in [5, 5.41) is 78.7. The molecule has 4 aromatic rings. The monoisotopic (exact) mass is 1160 g/mol. The van der Waals surface area contributed by atoms with Gasteiger partial charge in [-0.15, -0.1) is 0 Å². The van der Waals surface area contributed by atoms with Crippen molar-refractivity contribution in [2.45, 2.75) is 136 Å². The van der Waals surface area contributed by atoms with E-state index in [0.717, 1.165) is 32.1 Å². The van der Waals surface area contributed by atoms with Crippen molar-refractivity contribution in [3.05, 3.63) is 98.3 Å². The van der Waals surface area contributed by atoms with Crippen LogP contribution in [-0.2, 0) is 30.2 Å². The first-order valence-corrected chi connectivity index (χ1v) is 29.1. The van der Waals surface area contributed by atoms with Crippen molar-refractivity contribution in [2.24, 2.45) is 34.7 Å². The normalized spacial score (nSPS) is 28.8. The molecule has 20 nitrogen and oxygen atoms in total. The Morgan fingerprint density at radius 1 is 0.893 bits per heavy atom. The van der Waals surface area contributed by atoms with Crippen molar-refractivity contribution in [3.8, 4) is 17.2 Å². The molecule has 1 aromatic heterocycles. The number of nitrogens with one attached hydrogen (secondary N) is 1. The third-order valence-electron chi connectivity index (χ3n) is 19.1. The molecule has 3 aromatic carbocycles. The van der Waals surface area contributed by atoms with Crippen LogP contribution in [0.3, 0.4) is 0 Å². The molecule has 1 amide bonds. The van der Waals surface area contributed by atoms with Crippen LogP contribution in [0, 0.1) is 42.3 Å². The number of ketones is 1. The first-order valence-electron chi connectivity index (χ1n) is 29.1. The SMILES string of the molecule is CO[C@H]1C=CO[C@@]2(C)Cc3c(C)c(O)c4c(O)c(c(C=NN5CCN(C6(C7CCN(c8cc9c(cc8F)c(=O)c(C(=O)O)cn9C8CC8)C7)CC6)CC5)c(O)c4c3C2=O)NC(=O)C(C)=CC=C[C@H](C)[C@H](O)[C@@H](C)[C@@H](O)[C@@H](C)[C@H](OC(C)=O)[C@@H]1C. The number of phenolic OH excluding ortho intramolecular Hbond substituents is 3. The van der Waals surface area contributed by atoms with E-state index >= 15 is 4.39 Å². The zero-order chi connectivity index (χ0) is 60.6. The number of carbonyl (C=O) groups excluding carboxylic acids is 3. The molecule has 2 saturated carbocycles. The van der Waals surface area contributed by atoms with Gasteiger partial charge in [-0.05, 0) is 88.1 Å². The first-order chi connectivity index (χ1) is 39.8. The van der Waals surface area contributed by atoms with Gasteiger partial charge in [0.25, 0.3) is 5.91 Å². The zero-order valence-electron chi connectivity index (χ0n) is 49.0. The number of esters is 1. The summed E-state index contributed by atoms with van der Waals surface area (Å²) in [7, 11) is 1.46. The molecule has 450 valence electrons. The second-order valence-electron chi connectivity index (χ2n) is 24.5. The fraction of sp³-hybridized carbons (Fsp3) is 0.524. The minimum atomic E-state index is -1.61. The number of hydrazone groups is 1. The van der Waals surface area contributed by atoms with Crippen LogP contribution in [-0.4, -0.2) is 157 Å². The van der Waals surface area contributed by atoms with Crippen molar-refractivity contribution in [1.82, 2.24) is 14.5 Å². The van der Waals surface area contributed by atoms with Gasteiger partial charge >= 0.3 is 11.9 Å². The lowest BCUT2D eigenvalue weighted by Gasteiger charge is -2.41. The van der Waals surface area contributed by atoms with Gasteiger partial charge in [-0.1, -0.05) is 45.9 Å². The molecule has 5 bridgehead atoms. The van der Waals surface area contributed by atoms with E-state index in [1.54, 1.807) is 65.8 Å². The third-order valence-corrected chi connectivity index (χ3v) is 19.1. The molecule has 3 aliphatic carbocycles. The first kappa shape index (κ1) is 59.8. The van der Waals surface area contributed by atoms with Crippen LogP contribution < -0.4 is 15.6 Å². The van der Waals surface area contributed by atoms with Gasteiger partial charge in [0.1, 0.15) is 29.0 Å². The lowest BCUT2D eigenvalue weighted by Crippen LogP contribution is -2.53. The van der Waals surface area contributed by atoms with E-state index in [1.807, 2.05) is 14.5 Å². The van der Waals surface area contributed by atoms with Crippen LogP contribution in [0.2, 0.25) is 0 Å². The Morgan fingerprint density at radius 2 is 1.60 bits per heavy atom. The smallest absolute Gasteiger partial charge is 0.341 e. The average molecular weight is 1160 g/mol.